The number of para-hydroxylation sites is 1. The van der Waals surface area contributed by atoms with Crippen LogP contribution in [0.25, 0.3) is 16.6 Å². The predicted molar refractivity (Wildman–Crippen MR) is 87.6 cm³/mol. The molecule has 1 heterocycles. The molecule has 0 bridgehead atoms. The van der Waals surface area contributed by atoms with E-state index in [1.165, 1.54) is 4.57 Å². The van der Waals surface area contributed by atoms with Gasteiger partial charge in [0.2, 0.25) is 0 Å². The Bertz CT molecular complexity index is 875. The molecule has 2 aromatic carbocycles. The molecule has 0 aliphatic rings. The maximum absolute atomic E-state index is 12.9. The van der Waals surface area contributed by atoms with Crippen LogP contribution in [0.2, 0.25) is 5.02 Å². The molecule has 112 valence electrons. The summed E-state index contributed by atoms with van der Waals surface area (Å²) in [6.45, 7) is 1.84. The Morgan fingerprint density at radius 3 is 2.59 bits per heavy atom. The zero-order valence-electron chi connectivity index (χ0n) is 12.0. The second-order valence-corrected chi connectivity index (χ2v) is 5.41. The number of aliphatic hydroxyl groups is 1. The molecular weight excluding hydrogens is 300 g/mol. The lowest BCUT2D eigenvalue weighted by atomic mass is 10.2. The maximum Gasteiger partial charge on any atom is 0.267 e. The molecule has 0 spiro atoms. The molecule has 0 amide bonds. The molecule has 3 aromatic rings. The summed E-state index contributed by atoms with van der Waals surface area (Å²) in [6, 6.07) is 14.3. The van der Waals surface area contributed by atoms with Crippen LogP contribution in [0.1, 0.15) is 25.3 Å². The van der Waals surface area contributed by atoms with E-state index >= 15 is 0 Å². The third-order valence-electron chi connectivity index (χ3n) is 3.57. The van der Waals surface area contributed by atoms with Crippen molar-refractivity contribution in [2.75, 3.05) is 0 Å². The van der Waals surface area contributed by atoms with Gasteiger partial charge in [-0.2, -0.15) is 0 Å². The Hall–Kier alpha value is -2.17. The number of hydrogen-bond acceptors (Lipinski definition) is 3. The molecule has 5 heteroatoms. The zero-order valence-corrected chi connectivity index (χ0v) is 12.8. The molecule has 0 aliphatic heterocycles. The second kappa shape index (κ2) is 5.91. The van der Waals surface area contributed by atoms with Gasteiger partial charge in [0.15, 0.2) is 0 Å². The summed E-state index contributed by atoms with van der Waals surface area (Å²) in [6.07, 6.45) is -0.359. The van der Waals surface area contributed by atoms with E-state index in [1.807, 2.05) is 25.1 Å². The molecule has 1 N–H and O–H groups in total. The zero-order chi connectivity index (χ0) is 15.7. The van der Waals surface area contributed by atoms with Crippen molar-refractivity contribution in [3.63, 3.8) is 0 Å². The number of benzene rings is 2. The van der Waals surface area contributed by atoms with E-state index in [1.54, 1.807) is 30.3 Å². The Morgan fingerprint density at radius 1 is 1.18 bits per heavy atom. The first-order valence-electron chi connectivity index (χ1n) is 7.08. The van der Waals surface area contributed by atoms with Gasteiger partial charge in [0.05, 0.1) is 21.6 Å². The lowest BCUT2D eigenvalue weighted by molar-refractivity contribution is 0.161. The summed E-state index contributed by atoms with van der Waals surface area (Å²) in [4.78, 5) is 17.4. The summed E-state index contributed by atoms with van der Waals surface area (Å²) in [5.74, 6) is 0.327. The number of hydrogen-bond donors (Lipinski definition) is 1. The standard InChI is InChI=1S/C17H15ClN2O2/c1-2-14(21)16-19-13-10-6-9-12(18)15(13)17(22)20(16)11-7-4-3-5-8-11/h3-10,14,21H,2H2,1H3/t14-/m0/s1. The first-order chi connectivity index (χ1) is 10.6. The van der Waals surface area contributed by atoms with Crippen LogP contribution in [-0.2, 0) is 0 Å². The van der Waals surface area contributed by atoms with Gasteiger partial charge in [-0.05, 0) is 30.7 Å². The predicted octanol–water partition coefficient (Wildman–Crippen LogP) is 3.48. The van der Waals surface area contributed by atoms with Crippen molar-refractivity contribution in [2.45, 2.75) is 19.4 Å². The maximum atomic E-state index is 12.9. The van der Waals surface area contributed by atoms with Crippen LogP contribution in [0.3, 0.4) is 0 Å². The van der Waals surface area contributed by atoms with Crippen molar-refractivity contribution in [2.24, 2.45) is 0 Å². The molecular formula is C17H15ClN2O2. The minimum absolute atomic E-state index is 0.274. The summed E-state index contributed by atoms with van der Waals surface area (Å²) in [5.41, 5.74) is 0.876. The third-order valence-corrected chi connectivity index (χ3v) is 3.89. The van der Waals surface area contributed by atoms with E-state index in [0.29, 0.717) is 33.9 Å². The topological polar surface area (TPSA) is 55.1 Å². The largest absolute Gasteiger partial charge is 0.385 e. The fourth-order valence-corrected chi connectivity index (χ4v) is 2.69. The summed E-state index contributed by atoms with van der Waals surface area (Å²) in [5, 5.41) is 11.0. The fraction of sp³-hybridized carbons (Fsp3) is 0.176. The smallest absolute Gasteiger partial charge is 0.267 e. The first-order valence-corrected chi connectivity index (χ1v) is 7.46. The van der Waals surface area contributed by atoms with Crippen molar-refractivity contribution in [3.05, 3.63) is 69.7 Å². The fourth-order valence-electron chi connectivity index (χ4n) is 2.44. The van der Waals surface area contributed by atoms with Crippen LogP contribution in [0.5, 0.6) is 0 Å². The van der Waals surface area contributed by atoms with E-state index < -0.39 is 6.10 Å². The Labute approximate surface area is 132 Å². The van der Waals surface area contributed by atoms with Crippen molar-refractivity contribution in [1.29, 1.82) is 0 Å². The second-order valence-electron chi connectivity index (χ2n) is 5.00. The van der Waals surface area contributed by atoms with E-state index in [0.717, 1.165) is 0 Å². The summed E-state index contributed by atoms with van der Waals surface area (Å²) >= 11 is 6.17. The van der Waals surface area contributed by atoms with Crippen LogP contribution in [0, 0.1) is 0 Å². The number of fused-ring (bicyclic) bond motifs is 1. The average Bonchev–Trinajstić information content (AvgIpc) is 2.54. The van der Waals surface area contributed by atoms with Crippen LogP contribution < -0.4 is 5.56 Å². The van der Waals surface area contributed by atoms with Gasteiger partial charge >= 0.3 is 0 Å². The minimum Gasteiger partial charge on any atom is -0.385 e. The van der Waals surface area contributed by atoms with Gasteiger partial charge in [0.1, 0.15) is 11.9 Å². The van der Waals surface area contributed by atoms with Gasteiger partial charge in [0, 0.05) is 0 Å². The van der Waals surface area contributed by atoms with Crippen molar-refractivity contribution in [3.8, 4) is 5.69 Å². The molecule has 0 saturated carbocycles. The number of halogens is 1. The van der Waals surface area contributed by atoms with E-state index in [2.05, 4.69) is 4.98 Å². The summed E-state index contributed by atoms with van der Waals surface area (Å²) in [7, 11) is 0. The number of aliphatic hydroxyl groups excluding tert-OH is 1. The first kappa shape index (κ1) is 14.8. The van der Waals surface area contributed by atoms with Crippen LogP contribution in [0.15, 0.2) is 53.3 Å². The van der Waals surface area contributed by atoms with Crippen LogP contribution in [0.4, 0.5) is 0 Å². The number of aromatic nitrogens is 2. The molecule has 0 fully saturated rings. The van der Waals surface area contributed by atoms with E-state index in [-0.39, 0.29) is 5.56 Å². The molecule has 4 nitrogen and oxygen atoms in total. The highest BCUT2D eigenvalue weighted by atomic mass is 35.5. The summed E-state index contributed by atoms with van der Waals surface area (Å²) < 4.78 is 1.43. The van der Waals surface area contributed by atoms with E-state index in [4.69, 9.17) is 11.6 Å². The van der Waals surface area contributed by atoms with Gasteiger partial charge in [-0.15, -0.1) is 0 Å². The quantitative estimate of drug-likeness (QED) is 0.805. The van der Waals surface area contributed by atoms with Crippen molar-refractivity contribution < 1.29 is 5.11 Å². The number of rotatable bonds is 3. The highest BCUT2D eigenvalue weighted by molar-refractivity contribution is 6.35. The lowest BCUT2D eigenvalue weighted by Crippen LogP contribution is -2.25. The molecule has 0 saturated heterocycles. The van der Waals surface area contributed by atoms with Gasteiger partial charge < -0.3 is 5.11 Å². The molecule has 0 aliphatic carbocycles. The monoisotopic (exact) mass is 314 g/mol. The lowest BCUT2D eigenvalue weighted by Gasteiger charge is -2.17. The Morgan fingerprint density at radius 2 is 1.91 bits per heavy atom. The van der Waals surface area contributed by atoms with Crippen molar-refractivity contribution in [1.82, 2.24) is 9.55 Å². The minimum atomic E-state index is -0.823. The Kier molecular flexibility index (Phi) is 3.96. The molecule has 0 unspecified atom stereocenters. The molecule has 1 aromatic heterocycles. The molecule has 0 radical (unpaired) electrons. The van der Waals surface area contributed by atoms with Gasteiger partial charge in [-0.1, -0.05) is 42.8 Å². The third kappa shape index (κ3) is 2.40. The van der Waals surface area contributed by atoms with Gasteiger partial charge in [0.25, 0.3) is 5.56 Å². The average molecular weight is 315 g/mol. The normalized spacial score (nSPS) is 12.5. The molecule has 1 atom stereocenters. The van der Waals surface area contributed by atoms with Gasteiger partial charge in [-0.3, -0.25) is 9.36 Å². The highest BCUT2D eigenvalue weighted by Crippen LogP contribution is 2.23. The Balaban J connectivity index is 2.44. The highest BCUT2D eigenvalue weighted by Gasteiger charge is 2.19. The van der Waals surface area contributed by atoms with E-state index in [9.17, 15) is 9.90 Å². The molecule has 22 heavy (non-hydrogen) atoms. The van der Waals surface area contributed by atoms with Crippen molar-refractivity contribution >= 4 is 22.5 Å². The molecule has 3 rings (SSSR count). The van der Waals surface area contributed by atoms with Gasteiger partial charge in [-0.25, -0.2) is 4.98 Å². The number of nitrogens with zero attached hydrogens (tertiary/aromatic N) is 2. The SMILES string of the molecule is CC[C@H](O)c1nc2cccc(Cl)c2c(=O)n1-c1ccccc1. The van der Waals surface area contributed by atoms with Crippen LogP contribution >= 0.6 is 11.6 Å². The van der Waals surface area contributed by atoms with Crippen LogP contribution in [-0.4, -0.2) is 14.7 Å².